The predicted molar refractivity (Wildman–Crippen MR) is 77.0 cm³/mol. The van der Waals surface area contributed by atoms with Crippen LogP contribution >= 0.6 is 24.0 Å². The zero-order valence-corrected chi connectivity index (χ0v) is 12.8. The van der Waals surface area contributed by atoms with Gasteiger partial charge in [-0.25, -0.2) is 17.5 Å². The Balaban J connectivity index is 0.00000324. The van der Waals surface area contributed by atoms with Crippen LogP contribution in [-0.4, -0.2) is 28.1 Å². The van der Waals surface area contributed by atoms with Crippen molar-refractivity contribution in [3.05, 3.63) is 29.0 Å². The van der Waals surface area contributed by atoms with Crippen molar-refractivity contribution in [2.24, 2.45) is 0 Å². The molecule has 0 aliphatic carbocycles. The van der Waals surface area contributed by atoms with Gasteiger partial charge < -0.3 is 5.32 Å². The number of nitrogens with one attached hydrogen (secondary N) is 2. The molecule has 0 fully saturated rings. The number of halogens is 3. The zero-order chi connectivity index (χ0) is 13.6. The van der Waals surface area contributed by atoms with Gasteiger partial charge in [-0.05, 0) is 31.2 Å². The summed E-state index contributed by atoms with van der Waals surface area (Å²) in [5.41, 5.74) is 0. The summed E-state index contributed by atoms with van der Waals surface area (Å²) >= 11 is 5.61. The van der Waals surface area contributed by atoms with E-state index in [1.165, 1.54) is 6.07 Å². The van der Waals surface area contributed by atoms with Gasteiger partial charge >= 0.3 is 0 Å². The lowest BCUT2D eigenvalue weighted by Crippen LogP contribution is -2.32. The van der Waals surface area contributed by atoms with E-state index in [0.29, 0.717) is 6.54 Å². The van der Waals surface area contributed by atoms with Gasteiger partial charge in [-0.2, -0.15) is 0 Å². The highest BCUT2D eigenvalue weighted by atomic mass is 35.5. The van der Waals surface area contributed by atoms with Gasteiger partial charge in [-0.3, -0.25) is 0 Å². The zero-order valence-electron chi connectivity index (χ0n) is 10.4. The Hall–Kier alpha value is -0.400. The van der Waals surface area contributed by atoms with Crippen LogP contribution in [0.2, 0.25) is 5.02 Å². The van der Waals surface area contributed by atoms with E-state index in [4.69, 9.17) is 11.6 Å². The highest BCUT2D eigenvalue weighted by molar-refractivity contribution is 7.89. The molecule has 0 heterocycles. The molecule has 0 bridgehead atoms. The van der Waals surface area contributed by atoms with Crippen molar-refractivity contribution < 1.29 is 12.8 Å². The molecule has 0 aliphatic rings. The van der Waals surface area contributed by atoms with E-state index in [2.05, 4.69) is 10.0 Å². The molecule has 19 heavy (non-hydrogen) atoms. The summed E-state index contributed by atoms with van der Waals surface area (Å²) in [6, 6.07) is 3.21. The summed E-state index contributed by atoms with van der Waals surface area (Å²) in [5, 5.41) is 3.11. The lowest BCUT2D eigenvalue weighted by Gasteiger charge is -2.08. The van der Waals surface area contributed by atoms with Gasteiger partial charge in [0, 0.05) is 18.1 Å². The fourth-order valence-electron chi connectivity index (χ4n) is 1.34. The largest absolute Gasteiger partial charge is 0.315 e. The Morgan fingerprint density at radius 2 is 1.89 bits per heavy atom. The maximum absolute atomic E-state index is 13.1. The Morgan fingerprint density at radius 3 is 2.47 bits per heavy atom. The van der Waals surface area contributed by atoms with Gasteiger partial charge in [0.1, 0.15) is 5.82 Å². The summed E-state index contributed by atoms with van der Waals surface area (Å²) < 4.78 is 39.0. The molecule has 0 amide bonds. The first-order chi connectivity index (χ1) is 8.45. The third-order valence-corrected chi connectivity index (χ3v) is 3.83. The highest BCUT2D eigenvalue weighted by Crippen LogP contribution is 2.17. The Labute approximate surface area is 124 Å². The molecule has 4 nitrogen and oxygen atoms in total. The molecule has 8 heteroatoms. The second-order valence-electron chi connectivity index (χ2n) is 3.75. The summed E-state index contributed by atoms with van der Waals surface area (Å²) in [5.74, 6) is -0.674. The van der Waals surface area contributed by atoms with Crippen molar-refractivity contribution in [1.82, 2.24) is 10.0 Å². The fourth-order valence-corrected chi connectivity index (χ4v) is 2.72. The van der Waals surface area contributed by atoms with Crippen LogP contribution in [0.15, 0.2) is 23.1 Å². The molecular weight excluding hydrogens is 314 g/mol. The quantitative estimate of drug-likeness (QED) is 0.753. The van der Waals surface area contributed by atoms with E-state index in [9.17, 15) is 12.8 Å². The van der Waals surface area contributed by atoms with Gasteiger partial charge in [0.25, 0.3) is 0 Å². The minimum Gasteiger partial charge on any atom is -0.315 e. The average Bonchev–Trinajstić information content (AvgIpc) is 2.27. The molecule has 0 spiro atoms. The van der Waals surface area contributed by atoms with E-state index in [-0.39, 0.29) is 28.9 Å². The van der Waals surface area contributed by atoms with Crippen molar-refractivity contribution in [2.75, 3.05) is 19.6 Å². The summed E-state index contributed by atoms with van der Waals surface area (Å²) in [4.78, 5) is -0.164. The predicted octanol–water partition coefficient (Wildman–Crippen LogP) is 2.18. The van der Waals surface area contributed by atoms with Crippen molar-refractivity contribution in [3.8, 4) is 0 Å². The molecular formula is C11H17Cl2FN2O2S. The summed E-state index contributed by atoms with van der Waals surface area (Å²) in [6.45, 7) is 3.62. The molecule has 0 radical (unpaired) electrons. The van der Waals surface area contributed by atoms with Crippen LogP contribution in [0.4, 0.5) is 4.39 Å². The molecule has 0 unspecified atom stereocenters. The minimum absolute atomic E-state index is 0. The fraction of sp³-hybridized carbons (Fsp3) is 0.455. The van der Waals surface area contributed by atoms with E-state index in [1.807, 2.05) is 6.92 Å². The molecule has 0 aliphatic heterocycles. The number of hydrogen-bond acceptors (Lipinski definition) is 3. The molecule has 1 aromatic rings. The van der Waals surface area contributed by atoms with Gasteiger partial charge in [0.05, 0.1) is 4.90 Å². The van der Waals surface area contributed by atoms with Gasteiger partial charge in [-0.15, -0.1) is 12.4 Å². The average molecular weight is 331 g/mol. The molecule has 0 saturated heterocycles. The topological polar surface area (TPSA) is 58.2 Å². The number of benzene rings is 1. The molecule has 1 aromatic carbocycles. The summed E-state index contributed by atoms with van der Waals surface area (Å²) in [6.07, 6.45) is 0.978. The monoisotopic (exact) mass is 330 g/mol. The summed E-state index contributed by atoms with van der Waals surface area (Å²) in [7, 11) is -3.71. The SMILES string of the molecule is CCCNCCNS(=O)(=O)c1cc(F)cc(Cl)c1.Cl. The standard InChI is InChI=1S/C11H16ClFN2O2S.ClH/c1-2-3-14-4-5-15-18(16,17)11-7-9(12)6-10(13)8-11;/h6-8,14-15H,2-5H2,1H3;1H. The van der Waals surface area contributed by atoms with E-state index in [1.54, 1.807) is 0 Å². The van der Waals surface area contributed by atoms with E-state index < -0.39 is 15.8 Å². The molecule has 2 N–H and O–H groups in total. The first-order valence-corrected chi connectivity index (χ1v) is 7.48. The van der Waals surface area contributed by atoms with Crippen molar-refractivity contribution >= 4 is 34.0 Å². The lowest BCUT2D eigenvalue weighted by atomic mass is 10.3. The van der Waals surface area contributed by atoms with E-state index in [0.717, 1.165) is 25.1 Å². The smallest absolute Gasteiger partial charge is 0.240 e. The molecule has 0 aromatic heterocycles. The third kappa shape index (κ3) is 6.54. The normalized spacial score (nSPS) is 11.1. The van der Waals surface area contributed by atoms with Crippen LogP contribution in [0.1, 0.15) is 13.3 Å². The minimum atomic E-state index is -3.71. The van der Waals surface area contributed by atoms with Crippen LogP contribution in [-0.2, 0) is 10.0 Å². The second kappa shape index (κ2) is 8.71. The first kappa shape index (κ1) is 18.6. The Bertz CT molecular complexity index is 477. The lowest BCUT2D eigenvalue weighted by molar-refractivity contribution is 0.572. The van der Waals surface area contributed by atoms with Gasteiger partial charge in [0.2, 0.25) is 10.0 Å². The third-order valence-electron chi connectivity index (χ3n) is 2.17. The first-order valence-electron chi connectivity index (χ1n) is 5.62. The molecule has 0 atom stereocenters. The van der Waals surface area contributed by atoms with Crippen LogP contribution in [0.25, 0.3) is 0 Å². The van der Waals surface area contributed by atoms with Crippen LogP contribution < -0.4 is 10.0 Å². The molecule has 0 saturated carbocycles. The maximum atomic E-state index is 13.1. The number of sulfonamides is 1. The number of rotatable bonds is 7. The Kier molecular flexibility index (Phi) is 8.52. The molecule has 1 rings (SSSR count). The van der Waals surface area contributed by atoms with Crippen LogP contribution in [0.5, 0.6) is 0 Å². The van der Waals surface area contributed by atoms with Crippen LogP contribution in [0, 0.1) is 5.82 Å². The van der Waals surface area contributed by atoms with Crippen molar-refractivity contribution in [2.45, 2.75) is 18.2 Å². The van der Waals surface area contributed by atoms with E-state index >= 15 is 0 Å². The Morgan fingerprint density at radius 1 is 1.21 bits per heavy atom. The van der Waals surface area contributed by atoms with Gasteiger partial charge in [0.15, 0.2) is 0 Å². The van der Waals surface area contributed by atoms with Gasteiger partial charge in [-0.1, -0.05) is 18.5 Å². The van der Waals surface area contributed by atoms with Crippen molar-refractivity contribution in [1.29, 1.82) is 0 Å². The van der Waals surface area contributed by atoms with Crippen molar-refractivity contribution in [3.63, 3.8) is 0 Å². The maximum Gasteiger partial charge on any atom is 0.240 e. The highest BCUT2D eigenvalue weighted by Gasteiger charge is 2.15. The number of hydrogen-bond donors (Lipinski definition) is 2. The second-order valence-corrected chi connectivity index (χ2v) is 5.96. The van der Waals surface area contributed by atoms with Crippen LogP contribution in [0.3, 0.4) is 0 Å². The molecule has 110 valence electrons.